The van der Waals surface area contributed by atoms with Gasteiger partial charge in [0.25, 0.3) is 5.91 Å². The maximum absolute atomic E-state index is 12.8. The van der Waals surface area contributed by atoms with Crippen molar-refractivity contribution >= 4 is 11.6 Å². The van der Waals surface area contributed by atoms with Crippen molar-refractivity contribution in [3.05, 3.63) is 65.2 Å². The lowest BCUT2D eigenvalue weighted by Gasteiger charge is -2.22. The lowest BCUT2D eigenvalue weighted by molar-refractivity contribution is 0.0761. The Kier molecular flexibility index (Phi) is 5.94. The molecule has 1 fully saturated rings. The SMILES string of the molecule is Cc1ccc(CN2CCCN(C(=O)c3ccc(N(C)C)cc3)CC2)cc1. The van der Waals surface area contributed by atoms with Gasteiger partial charge in [-0.15, -0.1) is 0 Å². The number of nitrogens with zero attached hydrogens (tertiary/aromatic N) is 3. The van der Waals surface area contributed by atoms with E-state index in [1.165, 1.54) is 11.1 Å². The number of amides is 1. The van der Waals surface area contributed by atoms with E-state index in [0.717, 1.165) is 50.4 Å². The number of carbonyl (C=O) groups is 1. The van der Waals surface area contributed by atoms with Crippen LogP contribution in [0.15, 0.2) is 48.5 Å². The van der Waals surface area contributed by atoms with Crippen LogP contribution < -0.4 is 4.90 Å². The molecule has 138 valence electrons. The largest absolute Gasteiger partial charge is 0.378 e. The molecule has 0 bridgehead atoms. The lowest BCUT2D eigenvalue weighted by atomic mass is 10.1. The molecular formula is C22H29N3O. The normalized spacial score (nSPS) is 15.6. The van der Waals surface area contributed by atoms with Crippen LogP contribution in [-0.4, -0.2) is 56.0 Å². The van der Waals surface area contributed by atoms with Gasteiger partial charge in [0.05, 0.1) is 0 Å². The van der Waals surface area contributed by atoms with E-state index < -0.39 is 0 Å². The Balaban J connectivity index is 1.59. The Labute approximate surface area is 157 Å². The van der Waals surface area contributed by atoms with Gasteiger partial charge in [-0.05, 0) is 43.2 Å². The monoisotopic (exact) mass is 351 g/mol. The van der Waals surface area contributed by atoms with Gasteiger partial charge in [-0.25, -0.2) is 0 Å². The highest BCUT2D eigenvalue weighted by atomic mass is 16.2. The molecule has 4 heteroatoms. The van der Waals surface area contributed by atoms with Gasteiger partial charge in [0.15, 0.2) is 0 Å². The predicted molar refractivity (Wildman–Crippen MR) is 108 cm³/mol. The van der Waals surface area contributed by atoms with Crippen LogP contribution in [0.3, 0.4) is 0 Å². The van der Waals surface area contributed by atoms with Gasteiger partial charge in [-0.2, -0.15) is 0 Å². The van der Waals surface area contributed by atoms with E-state index >= 15 is 0 Å². The van der Waals surface area contributed by atoms with E-state index in [-0.39, 0.29) is 5.91 Å². The molecule has 0 aliphatic carbocycles. The predicted octanol–water partition coefficient (Wildman–Crippen LogP) is 3.41. The molecule has 1 heterocycles. The lowest BCUT2D eigenvalue weighted by Crippen LogP contribution is -2.35. The minimum Gasteiger partial charge on any atom is -0.378 e. The summed E-state index contributed by atoms with van der Waals surface area (Å²) in [5.74, 6) is 0.146. The maximum Gasteiger partial charge on any atom is 0.253 e. The Hall–Kier alpha value is -2.33. The first-order valence-corrected chi connectivity index (χ1v) is 9.37. The molecule has 0 radical (unpaired) electrons. The molecule has 1 amide bonds. The second-order valence-corrected chi connectivity index (χ2v) is 7.35. The maximum atomic E-state index is 12.8. The summed E-state index contributed by atoms with van der Waals surface area (Å²) < 4.78 is 0. The topological polar surface area (TPSA) is 26.8 Å². The van der Waals surface area contributed by atoms with Crippen molar-refractivity contribution in [1.82, 2.24) is 9.80 Å². The van der Waals surface area contributed by atoms with Gasteiger partial charge < -0.3 is 9.80 Å². The minimum atomic E-state index is 0.146. The van der Waals surface area contributed by atoms with Gasteiger partial charge >= 0.3 is 0 Å². The van der Waals surface area contributed by atoms with Crippen molar-refractivity contribution in [2.24, 2.45) is 0 Å². The second-order valence-electron chi connectivity index (χ2n) is 7.35. The number of hydrogen-bond donors (Lipinski definition) is 0. The first-order valence-electron chi connectivity index (χ1n) is 9.37. The highest BCUT2D eigenvalue weighted by Crippen LogP contribution is 2.16. The van der Waals surface area contributed by atoms with Gasteiger partial charge in [0.1, 0.15) is 0 Å². The standard InChI is InChI=1S/C22H29N3O/c1-18-5-7-19(8-6-18)17-24-13-4-14-25(16-15-24)22(26)20-9-11-21(12-10-20)23(2)3/h5-12H,4,13-17H2,1-3H3. The van der Waals surface area contributed by atoms with E-state index in [1.54, 1.807) is 0 Å². The molecule has 2 aromatic carbocycles. The van der Waals surface area contributed by atoms with Gasteiger partial charge in [-0.1, -0.05) is 29.8 Å². The highest BCUT2D eigenvalue weighted by Gasteiger charge is 2.20. The van der Waals surface area contributed by atoms with E-state index in [1.807, 2.05) is 48.2 Å². The van der Waals surface area contributed by atoms with E-state index in [2.05, 4.69) is 36.1 Å². The van der Waals surface area contributed by atoms with Crippen LogP contribution in [0.1, 0.15) is 27.9 Å². The molecule has 2 aromatic rings. The average molecular weight is 351 g/mol. The van der Waals surface area contributed by atoms with Crippen LogP contribution in [0.5, 0.6) is 0 Å². The number of hydrogen-bond acceptors (Lipinski definition) is 3. The summed E-state index contributed by atoms with van der Waals surface area (Å²) in [5.41, 5.74) is 4.53. The smallest absolute Gasteiger partial charge is 0.253 e. The number of rotatable bonds is 4. The van der Waals surface area contributed by atoms with Gasteiger partial charge in [-0.3, -0.25) is 9.69 Å². The minimum absolute atomic E-state index is 0.146. The molecule has 1 aliphatic heterocycles. The van der Waals surface area contributed by atoms with Gasteiger partial charge in [0.2, 0.25) is 0 Å². The first-order chi connectivity index (χ1) is 12.5. The first kappa shape index (κ1) is 18.5. The zero-order valence-corrected chi connectivity index (χ0v) is 16.1. The summed E-state index contributed by atoms with van der Waals surface area (Å²) >= 11 is 0. The van der Waals surface area contributed by atoms with Crippen LogP contribution in [-0.2, 0) is 6.54 Å². The van der Waals surface area contributed by atoms with Crippen molar-refractivity contribution in [3.8, 4) is 0 Å². The number of carbonyl (C=O) groups excluding carboxylic acids is 1. The van der Waals surface area contributed by atoms with Crippen molar-refractivity contribution < 1.29 is 4.79 Å². The third-order valence-corrected chi connectivity index (χ3v) is 5.03. The molecule has 3 rings (SSSR count). The van der Waals surface area contributed by atoms with Crippen molar-refractivity contribution in [1.29, 1.82) is 0 Å². The zero-order chi connectivity index (χ0) is 18.5. The van der Waals surface area contributed by atoms with Crippen LogP contribution in [0.4, 0.5) is 5.69 Å². The zero-order valence-electron chi connectivity index (χ0n) is 16.1. The molecule has 26 heavy (non-hydrogen) atoms. The Morgan fingerprint density at radius 1 is 0.923 bits per heavy atom. The quantitative estimate of drug-likeness (QED) is 0.845. The van der Waals surface area contributed by atoms with Crippen LogP contribution in [0, 0.1) is 6.92 Å². The van der Waals surface area contributed by atoms with E-state index in [9.17, 15) is 4.79 Å². The molecule has 0 atom stereocenters. The fourth-order valence-corrected chi connectivity index (χ4v) is 3.37. The molecule has 1 saturated heterocycles. The third kappa shape index (κ3) is 4.64. The summed E-state index contributed by atoms with van der Waals surface area (Å²) in [5, 5.41) is 0. The van der Waals surface area contributed by atoms with Crippen molar-refractivity contribution in [2.75, 3.05) is 45.2 Å². The Bertz CT molecular complexity index is 722. The summed E-state index contributed by atoms with van der Waals surface area (Å²) in [4.78, 5) is 19.3. The molecule has 0 saturated carbocycles. The summed E-state index contributed by atoms with van der Waals surface area (Å²) in [6, 6.07) is 16.6. The fraction of sp³-hybridized carbons (Fsp3) is 0.409. The van der Waals surface area contributed by atoms with Crippen LogP contribution >= 0.6 is 0 Å². The van der Waals surface area contributed by atoms with Crippen LogP contribution in [0.2, 0.25) is 0 Å². The fourth-order valence-electron chi connectivity index (χ4n) is 3.37. The molecule has 0 unspecified atom stereocenters. The molecule has 1 aliphatic rings. The molecule has 0 spiro atoms. The number of aryl methyl sites for hydroxylation is 1. The Morgan fingerprint density at radius 3 is 2.27 bits per heavy atom. The number of anilines is 1. The molecule has 4 nitrogen and oxygen atoms in total. The average Bonchev–Trinajstić information content (AvgIpc) is 2.89. The molecular weight excluding hydrogens is 322 g/mol. The summed E-state index contributed by atoms with van der Waals surface area (Å²) in [6.07, 6.45) is 1.02. The molecule has 0 N–H and O–H groups in total. The van der Waals surface area contributed by atoms with Crippen molar-refractivity contribution in [3.63, 3.8) is 0 Å². The van der Waals surface area contributed by atoms with Crippen LogP contribution in [0.25, 0.3) is 0 Å². The number of benzene rings is 2. The van der Waals surface area contributed by atoms with Gasteiger partial charge in [0, 0.05) is 58.1 Å². The summed E-state index contributed by atoms with van der Waals surface area (Å²) in [7, 11) is 4.02. The summed E-state index contributed by atoms with van der Waals surface area (Å²) in [6.45, 7) is 6.66. The van der Waals surface area contributed by atoms with E-state index in [4.69, 9.17) is 0 Å². The molecule has 0 aromatic heterocycles. The highest BCUT2D eigenvalue weighted by molar-refractivity contribution is 5.94. The third-order valence-electron chi connectivity index (χ3n) is 5.03. The van der Waals surface area contributed by atoms with E-state index in [0.29, 0.717) is 0 Å². The van der Waals surface area contributed by atoms with Crippen molar-refractivity contribution in [2.45, 2.75) is 19.9 Å². The Morgan fingerprint density at radius 2 is 1.62 bits per heavy atom. The second kappa shape index (κ2) is 8.37.